The van der Waals surface area contributed by atoms with Crippen LogP contribution in [0.15, 0.2) is 18.7 Å². The van der Waals surface area contributed by atoms with Crippen LogP contribution in [0.1, 0.15) is 0 Å². The Morgan fingerprint density at radius 2 is 1.82 bits per heavy atom. The average molecular weight is 232 g/mol. The second-order valence-corrected chi connectivity index (χ2v) is 3.72. The second kappa shape index (κ2) is 4.42. The molecule has 0 aliphatic carbocycles. The molecular formula is C9H12N8. The minimum Gasteiger partial charge on any atom is -0.353 e. The summed E-state index contributed by atoms with van der Waals surface area (Å²) in [4.78, 5) is 10.9. The normalized spacial score (nSPS) is 16.1. The first-order valence-corrected chi connectivity index (χ1v) is 5.44. The summed E-state index contributed by atoms with van der Waals surface area (Å²) < 4.78 is 1.48. The number of rotatable bonds is 2. The number of hydrogen-bond acceptors (Lipinski definition) is 7. The van der Waals surface area contributed by atoms with Crippen LogP contribution >= 0.6 is 0 Å². The van der Waals surface area contributed by atoms with Crippen LogP contribution < -0.4 is 10.2 Å². The Balaban J connectivity index is 1.80. The fourth-order valence-electron chi connectivity index (χ4n) is 1.76. The first kappa shape index (κ1) is 10.1. The van der Waals surface area contributed by atoms with E-state index in [1.165, 1.54) is 11.0 Å². The number of tetrazole rings is 1. The minimum absolute atomic E-state index is 0.619. The van der Waals surface area contributed by atoms with Gasteiger partial charge in [0.1, 0.15) is 12.1 Å². The Labute approximate surface area is 97.7 Å². The molecule has 3 rings (SSSR count). The van der Waals surface area contributed by atoms with Crippen LogP contribution in [0.25, 0.3) is 5.82 Å². The van der Waals surface area contributed by atoms with E-state index >= 15 is 0 Å². The first-order chi connectivity index (χ1) is 8.43. The van der Waals surface area contributed by atoms with Crippen LogP contribution in [0.5, 0.6) is 0 Å². The molecule has 0 radical (unpaired) electrons. The lowest BCUT2D eigenvalue weighted by Crippen LogP contribution is -2.43. The van der Waals surface area contributed by atoms with Gasteiger partial charge >= 0.3 is 0 Å². The van der Waals surface area contributed by atoms with Crippen molar-refractivity contribution in [2.45, 2.75) is 0 Å². The van der Waals surface area contributed by atoms with Gasteiger partial charge in [-0.05, 0) is 10.4 Å². The highest BCUT2D eigenvalue weighted by molar-refractivity contribution is 5.38. The van der Waals surface area contributed by atoms with Crippen molar-refractivity contribution in [2.75, 3.05) is 31.1 Å². The topological polar surface area (TPSA) is 84.6 Å². The number of nitrogens with one attached hydrogen (secondary N) is 1. The third kappa shape index (κ3) is 2.07. The van der Waals surface area contributed by atoms with Gasteiger partial charge in [-0.2, -0.15) is 4.68 Å². The van der Waals surface area contributed by atoms with Crippen molar-refractivity contribution in [1.82, 2.24) is 35.5 Å². The zero-order valence-electron chi connectivity index (χ0n) is 9.19. The molecule has 8 nitrogen and oxygen atoms in total. The predicted molar refractivity (Wildman–Crippen MR) is 59.8 cm³/mol. The summed E-state index contributed by atoms with van der Waals surface area (Å²) in [6, 6.07) is 0. The van der Waals surface area contributed by atoms with E-state index in [0.717, 1.165) is 32.0 Å². The van der Waals surface area contributed by atoms with Crippen LogP contribution in [0.3, 0.4) is 0 Å². The van der Waals surface area contributed by atoms with Crippen LogP contribution in [0.2, 0.25) is 0 Å². The van der Waals surface area contributed by atoms with E-state index in [1.54, 1.807) is 12.4 Å². The molecular weight excluding hydrogens is 220 g/mol. The number of hydrogen-bond donors (Lipinski definition) is 1. The van der Waals surface area contributed by atoms with Crippen molar-refractivity contribution in [3.05, 3.63) is 18.7 Å². The Kier molecular flexibility index (Phi) is 2.62. The Hall–Kier alpha value is -2.09. The van der Waals surface area contributed by atoms with E-state index in [9.17, 15) is 0 Å². The molecule has 0 aromatic carbocycles. The largest absolute Gasteiger partial charge is 0.353 e. The van der Waals surface area contributed by atoms with Gasteiger partial charge in [-0.15, -0.1) is 5.10 Å². The molecule has 88 valence electrons. The number of nitrogens with zero attached hydrogens (tertiary/aromatic N) is 7. The molecule has 0 bridgehead atoms. The molecule has 0 spiro atoms. The predicted octanol–water partition coefficient (Wildman–Crippen LogP) is -1.14. The molecule has 1 N–H and O–H groups in total. The lowest BCUT2D eigenvalue weighted by atomic mass is 10.3. The van der Waals surface area contributed by atoms with E-state index in [2.05, 4.69) is 35.7 Å². The van der Waals surface area contributed by atoms with E-state index < -0.39 is 0 Å². The van der Waals surface area contributed by atoms with Gasteiger partial charge in [0.15, 0.2) is 5.82 Å². The number of aromatic nitrogens is 6. The summed E-state index contributed by atoms with van der Waals surface area (Å²) in [5, 5.41) is 14.2. The van der Waals surface area contributed by atoms with Crippen molar-refractivity contribution >= 4 is 5.82 Å². The molecule has 2 aromatic heterocycles. The van der Waals surface area contributed by atoms with Crippen molar-refractivity contribution < 1.29 is 0 Å². The fraction of sp³-hybridized carbons (Fsp3) is 0.444. The van der Waals surface area contributed by atoms with Crippen molar-refractivity contribution in [1.29, 1.82) is 0 Å². The third-order valence-electron chi connectivity index (χ3n) is 2.65. The SMILES string of the molecule is c1nc(-n2cnnn2)cnc1N1CCNCC1. The smallest absolute Gasteiger partial charge is 0.175 e. The summed E-state index contributed by atoms with van der Waals surface area (Å²) in [5.41, 5.74) is 0. The van der Waals surface area contributed by atoms with Crippen LogP contribution in [-0.2, 0) is 0 Å². The Morgan fingerprint density at radius 1 is 1.06 bits per heavy atom. The van der Waals surface area contributed by atoms with Crippen LogP contribution in [-0.4, -0.2) is 56.4 Å². The molecule has 0 saturated carbocycles. The van der Waals surface area contributed by atoms with Gasteiger partial charge < -0.3 is 10.2 Å². The summed E-state index contributed by atoms with van der Waals surface area (Å²) in [7, 11) is 0. The van der Waals surface area contributed by atoms with E-state index in [4.69, 9.17) is 0 Å². The zero-order chi connectivity index (χ0) is 11.5. The molecule has 0 amide bonds. The van der Waals surface area contributed by atoms with E-state index in [-0.39, 0.29) is 0 Å². The zero-order valence-corrected chi connectivity index (χ0v) is 9.19. The average Bonchev–Trinajstić information content (AvgIpc) is 2.94. The van der Waals surface area contributed by atoms with Crippen LogP contribution in [0, 0.1) is 0 Å². The Bertz CT molecular complexity index is 458. The molecule has 0 unspecified atom stereocenters. The summed E-state index contributed by atoms with van der Waals surface area (Å²) >= 11 is 0. The van der Waals surface area contributed by atoms with Gasteiger partial charge in [-0.3, -0.25) is 0 Å². The standard InChI is InChI=1S/C9H12N8/c1-3-16(4-2-10-1)8-5-12-9(6-11-8)17-7-13-14-15-17/h5-7,10H,1-4H2. The van der Waals surface area contributed by atoms with Gasteiger partial charge in [0, 0.05) is 26.2 Å². The monoisotopic (exact) mass is 232 g/mol. The maximum atomic E-state index is 4.38. The highest BCUT2D eigenvalue weighted by atomic mass is 15.5. The molecule has 1 aliphatic heterocycles. The lowest BCUT2D eigenvalue weighted by molar-refractivity contribution is 0.584. The number of anilines is 1. The highest BCUT2D eigenvalue weighted by Gasteiger charge is 2.12. The molecule has 17 heavy (non-hydrogen) atoms. The fourth-order valence-corrected chi connectivity index (χ4v) is 1.76. The molecule has 1 saturated heterocycles. The molecule has 1 fully saturated rings. The quantitative estimate of drug-likeness (QED) is 0.700. The lowest BCUT2D eigenvalue weighted by Gasteiger charge is -2.27. The molecule has 0 atom stereocenters. The summed E-state index contributed by atoms with van der Waals surface area (Å²) in [5.74, 6) is 1.51. The number of piperazine rings is 1. The molecule has 1 aliphatic rings. The van der Waals surface area contributed by atoms with Gasteiger partial charge in [0.05, 0.1) is 12.4 Å². The van der Waals surface area contributed by atoms with Crippen molar-refractivity contribution in [3.8, 4) is 5.82 Å². The molecule has 2 aromatic rings. The third-order valence-corrected chi connectivity index (χ3v) is 2.65. The van der Waals surface area contributed by atoms with Gasteiger partial charge in [-0.25, -0.2) is 9.97 Å². The van der Waals surface area contributed by atoms with Gasteiger partial charge in [0.2, 0.25) is 0 Å². The van der Waals surface area contributed by atoms with Crippen LogP contribution in [0.4, 0.5) is 5.82 Å². The maximum absolute atomic E-state index is 4.38. The first-order valence-electron chi connectivity index (χ1n) is 5.44. The summed E-state index contributed by atoms with van der Waals surface area (Å²) in [6.45, 7) is 3.88. The Morgan fingerprint density at radius 3 is 2.47 bits per heavy atom. The highest BCUT2D eigenvalue weighted by Crippen LogP contribution is 2.10. The molecule has 8 heteroatoms. The van der Waals surface area contributed by atoms with E-state index in [1.807, 2.05) is 0 Å². The van der Waals surface area contributed by atoms with Gasteiger partial charge in [0.25, 0.3) is 0 Å². The second-order valence-electron chi connectivity index (χ2n) is 3.72. The van der Waals surface area contributed by atoms with Gasteiger partial charge in [-0.1, -0.05) is 0 Å². The maximum Gasteiger partial charge on any atom is 0.175 e. The molecule has 3 heterocycles. The van der Waals surface area contributed by atoms with E-state index in [0.29, 0.717) is 5.82 Å². The summed E-state index contributed by atoms with van der Waals surface area (Å²) in [6.07, 6.45) is 4.92. The minimum atomic E-state index is 0.619. The van der Waals surface area contributed by atoms with Crippen molar-refractivity contribution in [2.24, 2.45) is 0 Å². The van der Waals surface area contributed by atoms with Crippen molar-refractivity contribution in [3.63, 3.8) is 0 Å².